The Bertz CT molecular complexity index is 923. The molecular weight excluding hydrogens is 312 g/mol. The lowest BCUT2D eigenvalue weighted by atomic mass is 10.1. The molecule has 0 spiro atoms. The number of imidazole rings is 2. The Balaban J connectivity index is 1.97. The second-order valence-corrected chi connectivity index (χ2v) is 7.55. The van der Waals surface area contributed by atoms with Gasteiger partial charge in [-0.2, -0.15) is 0 Å². The van der Waals surface area contributed by atoms with Crippen molar-refractivity contribution in [2.24, 2.45) is 7.05 Å². The molecule has 6 nitrogen and oxygen atoms in total. The third-order valence-electron chi connectivity index (χ3n) is 3.90. The Hall–Kier alpha value is -2.41. The van der Waals surface area contributed by atoms with E-state index in [1.807, 2.05) is 47.6 Å². The van der Waals surface area contributed by atoms with E-state index in [0.29, 0.717) is 4.90 Å². The van der Waals surface area contributed by atoms with Crippen LogP contribution in [-0.4, -0.2) is 33.8 Å². The monoisotopic (exact) mass is 330 g/mol. The van der Waals surface area contributed by atoms with Gasteiger partial charge >= 0.3 is 0 Å². The molecule has 0 amide bonds. The van der Waals surface area contributed by atoms with Gasteiger partial charge in [-0.05, 0) is 24.6 Å². The highest BCUT2D eigenvalue weighted by Crippen LogP contribution is 2.25. The maximum atomic E-state index is 11.6. The average Bonchev–Trinajstić information content (AvgIpc) is 3.14. The third-order valence-corrected chi connectivity index (χ3v) is 5.03. The summed E-state index contributed by atoms with van der Waals surface area (Å²) in [6.07, 6.45) is 8.46. The Morgan fingerprint density at radius 3 is 2.17 bits per heavy atom. The first-order valence-corrected chi connectivity index (χ1v) is 9.07. The number of rotatable bonds is 4. The smallest absolute Gasteiger partial charge is 0.176 e. The van der Waals surface area contributed by atoms with Crippen molar-refractivity contribution in [2.45, 2.75) is 17.9 Å². The van der Waals surface area contributed by atoms with Crippen molar-refractivity contribution in [1.82, 2.24) is 19.1 Å². The van der Waals surface area contributed by atoms with Gasteiger partial charge in [0.1, 0.15) is 0 Å². The third kappa shape index (κ3) is 2.92. The zero-order valence-corrected chi connectivity index (χ0v) is 14.0. The van der Waals surface area contributed by atoms with Gasteiger partial charge in [0.2, 0.25) is 0 Å². The van der Waals surface area contributed by atoms with Crippen molar-refractivity contribution in [3.63, 3.8) is 0 Å². The van der Waals surface area contributed by atoms with Gasteiger partial charge in [0.15, 0.2) is 21.5 Å². The van der Waals surface area contributed by atoms with Crippen LogP contribution < -0.4 is 0 Å². The molecule has 0 aliphatic rings. The number of benzene rings is 1. The molecule has 0 fully saturated rings. The number of aromatic nitrogens is 4. The van der Waals surface area contributed by atoms with E-state index < -0.39 is 9.84 Å². The molecule has 7 heteroatoms. The summed E-state index contributed by atoms with van der Waals surface area (Å²) in [4.78, 5) is 9.07. The first-order chi connectivity index (χ1) is 10.9. The largest absolute Gasteiger partial charge is 0.331 e. The molecule has 0 bridgehead atoms. The summed E-state index contributed by atoms with van der Waals surface area (Å²) in [5.41, 5.74) is 1.01. The molecule has 3 rings (SSSR count). The molecular formula is C16H18N4O2S. The van der Waals surface area contributed by atoms with E-state index in [1.165, 1.54) is 6.26 Å². The minimum Gasteiger partial charge on any atom is -0.331 e. The van der Waals surface area contributed by atoms with Gasteiger partial charge < -0.3 is 9.13 Å². The molecule has 2 heterocycles. The van der Waals surface area contributed by atoms with Gasteiger partial charge in [-0.25, -0.2) is 18.4 Å². The lowest BCUT2D eigenvalue weighted by Gasteiger charge is -2.17. The van der Waals surface area contributed by atoms with Gasteiger partial charge in [-0.3, -0.25) is 0 Å². The Labute approximate surface area is 135 Å². The van der Waals surface area contributed by atoms with Crippen LogP contribution >= 0.6 is 0 Å². The van der Waals surface area contributed by atoms with Gasteiger partial charge in [-0.15, -0.1) is 0 Å². The zero-order chi connectivity index (χ0) is 16.6. The number of hydrogen-bond donors (Lipinski definition) is 0. The Morgan fingerprint density at radius 1 is 1.00 bits per heavy atom. The predicted octanol–water partition coefficient (Wildman–Crippen LogP) is 2.30. The maximum Gasteiger partial charge on any atom is 0.176 e. The molecule has 3 aromatic rings. The number of aryl methyl sites for hydroxylation is 1. The molecule has 0 N–H and O–H groups in total. The highest BCUT2D eigenvalue weighted by Gasteiger charge is 2.17. The highest BCUT2D eigenvalue weighted by molar-refractivity contribution is 7.90. The first-order valence-electron chi connectivity index (χ1n) is 7.18. The normalized spacial score (nSPS) is 13.2. The molecule has 1 aromatic carbocycles. The standard InChI is InChI=1S/C16H18N4O2S/c1-12(13-4-6-14(7-5-13)23(3,21)22)20-11-9-18-16(20)15-17-8-10-19(15)2/h4-12H,1-3H3. The van der Waals surface area contributed by atoms with Crippen molar-refractivity contribution in [2.75, 3.05) is 6.26 Å². The molecule has 0 radical (unpaired) electrons. The maximum absolute atomic E-state index is 11.6. The van der Waals surface area contributed by atoms with Crippen LogP contribution in [0, 0.1) is 0 Å². The van der Waals surface area contributed by atoms with Crippen LogP contribution in [0.25, 0.3) is 11.6 Å². The summed E-state index contributed by atoms with van der Waals surface area (Å²) in [5, 5.41) is 0. The molecule has 2 aromatic heterocycles. The molecule has 0 saturated carbocycles. The lowest BCUT2D eigenvalue weighted by molar-refractivity contribution is 0.601. The molecule has 120 valence electrons. The van der Waals surface area contributed by atoms with E-state index in [-0.39, 0.29) is 6.04 Å². The van der Waals surface area contributed by atoms with Crippen molar-refractivity contribution in [3.05, 3.63) is 54.6 Å². The lowest BCUT2D eigenvalue weighted by Crippen LogP contribution is -2.09. The number of nitrogens with zero attached hydrogens (tertiary/aromatic N) is 4. The minimum absolute atomic E-state index is 0.0119. The molecule has 23 heavy (non-hydrogen) atoms. The van der Waals surface area contributed by atoms with Crippen molar-refractivity contribution >= 4 is 9.84 Å². The second kappa shape index (κ2) is 5.66. The van der Waals surface area contributed by atoms with E-state index in [9.17, 15) is 8.42 Å². The molecule has 1 atom stereocenters. The fourth-order valence-electron chi connectivity index (χ4n) is 2.53. The topological polar surface area (TPSA) is 69.8 Å². The van der Waals surface area contributed by atoms with Crippen LogP contribution in [0.2, 0.25) is 0 Å². The molecule has 0 saturated heterocycles. The average molecular weight is 330 g/mol. The van der Waals surface area contributed by atoms with Crippen LogP contribution in [0.1, 0.15) is 18.5 Å². The summed E-state index contributed by atoms with van der Waals surface area (Å²) in [5.74, 6) is 1.56. The van der Waals surface area contributed by atoms with Gasteiger partial charge in [0, 0.05) is 38.1 Å². The summed E-state index contributed by atoms with van der Waals surface area (Å²) in [6.45, 7) is 2.05. The SMILES string of the molecule is CC(c1ccc(S(C)(=O)=O)cc1)n1ccnc1-c1nccn1C. The van der Waals surface area contributed by atoms with Gasteiger partial charge in [-0.1, -0.05) is 12.1 Å². The number of sulfone groups is 1. The minimum atomic E-state index is -3.18. The fraction of sp³-hybridized carbons (Fsp3) is 0.250. The molecule has 0 aliphatic carbocycles. The van der Waals surface area contributed by atoms with Crippen LogP contribution in [0.5, 0.6) is 0 Å². The van der Waals surface area contributed by atoms with Crippen LogP contribution in [-0.2, 0) is 16.9 Å². The van der Waals surface area contributed by atoms with Crippen molar-refractivity contribution in [3.8, 4) is 11.6 Å². The Morgan fingerprint density at radius 2 is 1.61 bits per heavy atom. The summed E-state index contributed by atoms with van der Waals surface area (Å²) < 4.78 is 27.1. The van der Waals surface area contributed by atoms with Crippen molar-refractivity contribution < 1.29 is 8.42 Å². The zero-order valence-electron chi connectivity index (χ0n) is 13.2. The Kier molecular flexibility index (Phi) is 3.81. The second-order valence-electron chi connectivity index (χ2n) is 5.54. The van der Waals surface area contributed by atoms with Crippen LogP contribution in [0.3, 0.4) is 0 Å². The summed E-state index contributed by atoms with van der Waals surface area (Å²) in [7, 11) is -1.26. The van der Waals surface area contributed by atoms with E-state index >= 15 is 0 Å². The van der Waals surface area contributed by atoms with E-state index in [0.717, 1.165) is 17.2 Å². The van der Waals surface area contributed by atoms with Gasteiger partial charge in [0.25, 0.3) is 0 Å². The molecule has 1 unspecified atom stereocenters. The highest BCUT2D eigenvalue weighted by atomic mass is 32.2. The van der Waals surface area contributed by atoms with E-state index in [2.05, 4.69) is 9.97 Å². The predicted molar refractivity (Wildman–Crippen MR) is 87.8 cm³/mol. The van der Waals surface area contributed by atoms with Crippen LogP contribution in [0.4, 0.5) is 0 Å². The van der Waals surface area contributed by atoms with E-state index in [4.69, 9.17) is 0 Å². The fourth-order valence-corrected chi connectivity index (χ4v) is 3.16. The summed E-state index contributed by atoms with van der Waals surface area (Å²) in [6, 6.07) is 6.96. The number of hydrogen-bond acceptors (Lipinski definition) is 4. The van der Waals surface area contributed by atoms with Crippen LogP contribution in [0.15, 0.2) is 53.9 Å². The van der Waals surface area contributed by atoms with Gasteiger partial charge in [0.05, 0.1) is 10.9 Å². The van der Waals surface area contributed by atoms with E-state index in [1.54, 1.807) is 24.5 Å². The molecule has 0 aliphatic heterocycles. The quantitative estimate of drug-likeness (QED) is 0.736. The van der Waals surface area contributed by atoms with Crippen molar-refractivity contribution in [1.29, 1.82) is 0 Å². The summed E-state index contributed by atoms with van der Waals surface area (Å²) >= 11 is 0. The first kappa shape index (κ1) is 15.5.